The number of thiazole rings is 1. The van der Waals surface area contributed by atoms with Gasteiger partial charge < -0.3 is 0 Å². The first-order valence-corrected chi connectivity index (χ1v) is 13.0. The van der Waals surface area contributed by atoms with Crippen molar-refractivity contribution in [3.05, 3.63) is 83.9 Å². The summed E-state index contributed by atoms with van der Waals surface area (Å²) >= 11 is 1.22. The predicted octanol–water partition coefficient (Wildman–Crippen LogP) is 4.46. The number of hydrogen-bond acceptors (Lipinski definition) is 6. The minimum atomic E-state index is -3.57. The van der Waals surface area contributed by atoms with E-state index in [1.165, 1.54) is 56.9 Å². The van der Waals surface area contributed by atoms with E-state index in [0.29, 0.717) is 34.0 Å². The van der Waals surface area contributed by atoms with Crippen LogP contribution >= 0.6 is 11.3 Å². The number of halogens is 1. The lowest BCUT2D eigenvalue weighted by atomic mass is 10.2. The minimum absolute atomic E-state index is 0.167. The number of pyridine rings is 1. The number of amides is 1. The molecular formula is C24H21FN4O3S2. The highest BCUT2D eigenvalue weighted by Gasteiger charge is 2.28. The fraction of sp³-hybridized carbons (Fsp3) is 0.208. The highest BCUT2D eigenvalue weighted by Crippen LogP contribution is 2.31. The Labute approximate surface area is 200 Å². The van der Waals surface area contributed by atoms with Gasteiger partial charge in [-0.1, -0.05) is 17.4 Å². The molecule has 0 atom stereocenters. The molecule has 0 spiro atoms. The molecule has 0 radical (unpaired) electrons. The lowest BCUT2D eigenvalue weighted by Crippen LogP contribution is -2.30. The van der Waals surface area contributed by atoms with Gasteiger partial charge in [-0.15, -0.1) is 0 Å². The number of carbonyl (C=O) groups excluding carboxylic acids is 1. The molecular weight excluding hydrogens is 475 g/mol. The summed E-state index contributed by atoms with van der Waals surface area (Å²) in [5, 5.41) is 0.420. The molecule has 1 aliphatic rings. The van der Waals surface area contributed by atoms with Crippen molar-refractivity contribution in [3.8, 4) is 0 Å². The number of anilines is 1. The maximum absolute atomic E-state index is 13.7. The van der Waals surface area contributed by atoms with E-state index in [1.807, 2.05) is 6.07 Å². The van der Waals surface area contributed by atoms with Crippen LogP contribution < -0.4 is 4.90 Å². The Kier molecular flexibility index (Phi) is 6.11. The van der Waals surface area contributed by atoms with Gasteiger partial charge in [-0.3, -0.25) is 14.7 Å². The third kappa shape index (κ3) is 4.44. The fourth-order valence-electron chi connectivity index (χ4n) is 3.91. The van der Waals surface area contributed by atoms with E-state index in [1.54, 1.807) is 24.5 Å². The van der Waals surface area contributed by atoms with Gasteiger partial charge in [0.2, 0.25) is 10.0 Å². The van der Waals surface area contributed by atoms with Crippen LogP contribution in [0.4, 0.5) is 9.52 Å². The standard InChI is InChI=1S/C24H21FN4O3S2/c25-19-7-10-21-22(14-19)33-24(27-21)29(16-17-4-3-11-26-15-17)23(30)18-5-8-20(9-6-18)34(31,32)28-12-1-2-13-28/h3-11,14-15H,1-2,12-13,16H2. The third-order valence-electron chi connectivity index (χ3n) is 5.68. The van der Waals surface area contributed by atoms with Gasteiger partial charge in [0.05, 0.1) is 21.7 Å². The molecule has 0 N–H and O–H groups in total. The molecule has 3 heterocycles. The molecule has 34 heavy (non-hydrogen) atoms. The average molecular weight is 497 g/mol. The van der Waals surface area contributed by atoms with Crippen LogP contribution in [0.5, 0.6) is 0 Å². The number of nitrogens with zero attached hydrogens (tertiary/aromatic N) is 4. The molecule has 10 heteroatoms. The Morgan fingerprint density at radius 2 is 1.85 bits per heavy atom. The largest absolute Gasteiger partial charge is 0.279 e. The first-order valence-electron chi connectivity index (χ1n) is 10.8. The molecule has 1 fully saturated rings. The molecule has 1 aliphatic heterocycles. The number of rotatable bonds is 6. The summed E-state index contributed by atoms with van der Waals surface area (Å²) in [7, 11) is -3.57. The van der Waals surface area contributed by atoms with E-state index in [9.17, 15) is 17.6 Å². The Hall–Kier alpha value is -3.21. The monoisotopic (exact) mass is 496 g/mol. The normalized spacial score (nSPS) is 14.5. The zero-order chi connectivity index (χ0) is 23.7. The zero-order valence-corrected chi connectivity index (χ0v) is 19.7. The molecule has 0 aliphatic carbocycles. The van der Waals surface area contributed by atoms with E-state index in [2.05, 4.69) is 9.97 Å². The van der Waals surface area contributed by atoms with Gasteiger partial charge in [0.1, 0.15) is 5.82 Å². The summed E-state index contributed by atoms with van der Waals surface area (Å²) in [4.78, 5) is 23.9. The number of fused-ring (bicyclic) bond motifs is 1. The van der Waals surface area contributed by atoms with Gasteiger partial charge >= 0.3 is 0 Å². The number of benzene rings is 2. The number of sulfonamides is 1. The van der Waals surface area contributed by atoms with Crippen molar-refractivity contribution in [1.29, 1.82) is 0 Å². The van der Waals surface area contributed by atoms with Gasteiger partial charge in [0.15, 0.2) is 5.13 Å². The molecule has 1 amide bonds. The van der Waals surface area contributed by atoms with Crippen molar-refractivity contribution < 1.29 is 17.6 Å². The van der Waals surface area contributed by atoms with Gasteiger partial charge in [0.25, 0.3) is 5.91 Å². The van der Waals surface area contributed by atoms with Crippen LogP contribution in [-0.2, 0) is 16.6 Å². The first-order chi connectivity index (χ1) is 16.4. The second-order valence-electron chi connectivity index (χ2n) is 8.00. The highest BCUT2D eigenvalue weighted by atomic mass is 32.2. The molecule has 7 nitrogen and oxygen atoms in total. The van der Waals surface area contributed by atoms with E-state index in [0.717, 1.165) is 18.4 Å². The Morgan fingerprint density at radius 1 is 1.09 bits per heavy atom. The van der Waals surface area contributed by atoms with Crippen LogP contribution in [0.3, 0.4) is 0 Å². The summed E-state index contributed by atoms with van der Waals surface area (Å²) in [6, 6.07) is 13.9. The second kappa shape index (κ2) is 9.21. The van der Waals surface area contributed by atoms with Gasteiger partial charge in [-0.05, 0) is 66.9 Å². The van der Waals surface area contributed by atoms with Crippen LogP contribution in [0.15, 0.2) is 71.9 Å². The second-order valence-corrected chi connectivity index (χ2v) is 10.9. The van der Waals surface area contributed by atoms with E-state index >= 15 is 0 Å². The third-order valence-corrected chi connectivity index (χ3v) is 8.64. The maximum Gasteiger partial charge on any atom is 0.260 e. The maximum atomic E-state index is 13.7. The van der Waals surface area contributed by atoms with Crippen molar-refractivity contribution in [2.75, 3.05) is 18.0 Å². The molecule has 5 rings (SSSR count). The zero-order valence-electron chi connectivity index (χ0n) is 18.1. The van der Waals surface area contributed by atoms with Crippen LogP contribution in [-0.4, -0.2) is 41.7 Å². The fourth-order valence-corrected chi connectivity index (χ4v) is 6.41. The molecule has 0 bridgehead atoms. The Balaban J connectivity index is 1.48. The molecule has 2 aromatic heterocycles. The van der Waals surface area contributed by atoms with Crippen molar-refractivity contribution >= 4 is 42.6 Å². The summed E-state index contributed by atoms with van der Waals surface area (Å²) in [6.45, 7) is 1.24. The topological polar surface area (TPSA) is 83.5 Å². The predicted molar refractivity (Wildman–Crippen MR) is 129 cm³/mol. The summed E-state index contributed by atoms with van der Waals surface area (Å²) in [5.41, 5.74) is 1.72. The molecule has 0 saturated carbocycles. The van der Waals surface area contributed by atoms with Gasteiger partial charge in [0, 0.05) is 31.0 Å². The molecule has 2 aromatic carbocycles. The van der Waals surface area contributed by atoms with Crippen molar-refractivity contribution in [2.24, 2.45) is 0 Å². The molecule has 0 unspecified atom stereocenters. The van der Waals surface area contributed by atoms with Crippen molar-refractivity contribution in [1.82, 2.24) is 14.3 Å². The number of hydrogen-bond donors (Lipinski definition) is 0. The Bertz CT molecular complexity index is 1430. The smallest absolute Gasteiger partial charge is 0.260 e. The van der Waals surface area contributed by atoms with Crippen LogP contribution in [0.2, 0.25) is 0 Å². The van der Waals surface area contributed by atoms with Crippen LogP contribution in [0.25, 0.3) is 10.2 Å². The van der Waals surface area contributed by atoms with E-state index in [-0.39, 0.29) is 23.2 Å². The van der Waals surface area contributed by atoms with Gasteiger partial charge in [-0.25, -0.2) is 17.8 Å². The lowest BCUT2D eigenvalue weighted by molar-refractivity contribution is 0.0985. The summed E-state index contributed by atoms with van der Waals surface area (Å²) in [5.74, 6) is -0.712. The molecule has 174 valence electrons. The molecule has 1 saturated heterocycles. The quantitative estimate of drug-likeness (QED) is 0.394. The summed E-state index contributed by atoms with van der Waals surface area (Å²) in [6.07, 6.45) is 5.02. The van der Waals surface area contributed by atoms with E-state index < -0.39 is 10.0 Å². The van der Waals surface area contributed by atoms with Gasteiger partial charge in [-0.2, -0.15) is 4.31 Å². The Morgan fingerprint density at radius 3 is 2.56 bits per heavy atom. The average Bonchev–Trinajstić information content (AvgIpc) is 3.53. The first kappa shape index (κ1) is 22.6. The SMILES string of the molecule is O=C(c1ccc(S(=O)(=O)N2CCCC2)cc1)N(Cc1cccnc1)c1nc2ccc(F)cc2s1. The molecule has 4 aromatic rings. The lowest BCUT2D eigenvalue weighted by Gasteiger charge is -2.20. The number of carbonyl (C=O) groups is 1. The van der Waals surface area contributed by atoms with Crippen molar-refractivity contribution in [3.63, 3.8) is 0 Å². The minimum Gasteiger partial charge on any atom is -0.279 e. The van der Waals surface area contributed by atoms with Crippen molar-refractivity contribution in [2.45, 2.75) is 24.3 Å². The highest BCUT2D eigenvalue weighted by molar-refractivity contribution is 7.89. The summed E-state index contributed by atoms with van der Waals surface area (Å²) < 4.78 is 41.5. The van der Waals surface area contributed by atoms with Crippen LogP contribution in [0.1, 0.15) is 28.8 Å². The number of aromatic nitrogens is 2. The van der Waals surface area contributed by atoms with E-state index in [4.69, 9.17) is 0 Å². The van der Waals surface area contributed by atoms with Crippen LogP contribution in [0, 0.1) is 5.82 Å².